The molecule has 1 atom stereocenters. The molecule has 0 aromatic heterocycles. The molecule has 0 aromatic carbocycles. The van der Waals surface area contributed by atoms with Gasteiger partial charge < -0.3 is 14.2 Å². The highest BCUT2D eigenvalue weighted by Gasteiger charge is 2.16. The molecule has 0 rings (SSSR count). The molecule has 0 fully saturated rings. The summed E-state index contributed by atoms with van der Waals surface area (Å²) in [5, 5.41) is 0. The lowest BCUT2D eigenvalue weighted by Crippen LogP contribution is -2.29. The van der Waals surface area contributed by atoms with E-state index in [4.69, 9.17) is 14.2 Å². The molecule has 0 heterocycles. The first kappa shape index (κ1) is 64.4. The van der Waals surface area contributed by atoms with Crippen molar-refractivity contribution in [2.75, 3.05) is 19.8 Å². The number of esters is 2. The van der Waals surface area contributed by atoms with Gasteiger partial charge in [-0.2, -0.15) is 0 Å². The Morgan fingerprint density at radius 3 is 0.909 bits per heavy atom. The number of unbranched alkanes of at least 4 members (excludes halogenated alkanes) is 41. The lowest BCUT2D eigenvalue weighted by atomic mass is 10.0. The number of rotatable bonds is 56. The van der Waals surface area contributed by atoms with Crippen molar-refractivity contribution in [3.8, 4) is 0 Å². The van der Waals surface area contributed by atoms with Crippen LogP contribution in [-0.4, -0.2) is 37.9 Å². The van der Waals surface area contributed by atoms with E-state index in [1.54, 1.807) is 0 Å². The first-order chi connectivity index (χ1) is 32.6. The molecule has 0 spiro atoms. The Hall–Kier alpha value is -1.62. The van der Waals surface area contributed by atoms with Crippen LogP contribution >= 0.6 is 0 Å². The molecular weight excluding hydrogens is 813 g/mol. The van der Waals surface area contributed by atoms with Crippen molar-refractivity contribution in [2.45, 2.75) is 335 Å². The Labute approximate surface area is 413 Å². The lowest BCUT2D eigenvalue weighted by Gasteiger charge is -2.18. The third kappa shape index (κ3) is 55.0. The van der Waals surface area contributed by atoms with Gasteiger partial charge in [0.05, 0.1) is 0 Å². The number of carbonyl (C=O) groups excluding carboxylic acids is 2. The van der Waals surface area contributed by atoms with E-state index in [0.717, 1.165) is 57.8 Å². The third-order valence-corrected chi connectivity index (χ3v) is 13.5. The Morgan fingerprint density at radius 2 is 0.576 bits per heavy atom. The fraction of sp³-hybridized carbons (Fsp3) is 0.902. The SMILES string of the molecule is CCCCC/C=C\C/C=C\CCCCCCCC(=O)OC[C@H](COC(=O)CCCCCCCCCCCCCCCCCCCCC)OCCCCCCCCCCCCCCCCCC. The van der Waals surface area contributed by atoms with E-state index in [9.17, 15) is 9.59 Å². The largest absolute Gasteiger partial charge is 0.463 e. The van der Waals surface area contributed by atoms with Crippen molar-refractivity contribution < 1.29 is 23.8 Å². The third-order valence-electron chi connectivity index (χ3n) is 13.5. The number of carbonyl (C=O) groups is 2. The number of allylic oxidation sites excluding steroid dienone is 4. The highest BCUT2D eigenvalue weighted by atomic mass is 16.6. The van der Waals surface area contributed by atoms with Gasteiger partial charge in [-0.05, 0) is 51.4 Å². The minimum Gasteiger partial charge on any atom is -0.463 e. The van der Waals surface area contributed by atoms with Gasteiger partial charge in [0.1, 0.15) is 19.3 Å². The molecule has 0 radical (unpaired) electrons. The standard InChI is InChI=1S/C61H116O5/c1-4-7-10-13-16-19-22-25-28-30-31-32-34-37-40-43-46-49-52-55-61(63)66-58-59(64-56-53-50-47-44-41-38-35-29-26-23-20-17-14-11-8-5-2)57-65-60(62)54-51-48-45-42-39-36-33-27-24-21-18-15-12-9-6-3/h18,21,27,33,59H,4-17,19-20,22-26,28-32,34-58H2,1-3H3/b21-18-,33-27-/t59-/m1/s1. The van der Waals surface area contributed by atoms with E-state index in [2.05, 4.69) is 45.1 Å². The van der Waals surface area contributed by atoms with Crippen LogP contribution in [0, 0.1) is 0 Å². The summed E-state index contributed by atoms with van der Waals surface area (Å²) in [6.45, 7) is 7.76. The topological polar surface area (TPSA) is 61.8 Å². The van der Waals surface area contributed by atoms with Crippen molar-refractivity contribution >= 4 is 11.9 Å². The van der Waals surface area contributed by atoms with E-state index in [0.29, 0.717) is 19.4 Å². The van der Waals surface area contributed by atoms with Crippen molar-refractivity contribution in [1.82, 2.24) is 0 Å². The van der Waals surface area contributed by atoms with Crippen LogP contribution in [0.5, 0.6) is 0 Å². The molecule has 0 aliphatic heterocycles. The molecule has 0 saturated carbocycles. The number of hydrogen-bond acceptors (Lipinski definition) is 5. The summed E-state index contributed by atoms with van der Waals surface area (Å²) in [6.07, 6.45) is 69.4. The minimum atomic E-state index is -0.399. The predicted molar refractivity (Wildman–Crippen MR) is 289 cm³/mol. The summed E-state index contributed by atoms with van der Waals surface area (Å²) in [5.74, 6) is -0.327. The minimum absolute atomic E-state index is 0.157. The van der Waals surface area contributed by atoms with E-state index in [-0.39, 0.29) is 25.2 Å². The van der Waals surface area contributed by atoms with Crippen molar-refractivity contribution in [3.63, 3.8) is 0 Å². The van der Waals surface area contributed by atoms with Gasteiger partial charge in [-0.15, -0.1) is 0 Å². The zero-order chi connectivity index (χ0) is 47.7. The zero-order valence-corrected chi connectivity index (χ0v) is 45.0. The van der Waals surface area contributed by atoms with Crippen LogP contribution in [0.2, 0.25) is 0 Å². The van der Waals surface area contributed by atoms with Gasteiger partial charge in [0.15, 0.2) is 0 Å². The van der Waals surface area contributed by atoms with E-state index in [1.165, 1.54) is 238 Å². The maximum atomic E-state index is 12.7. The summed E-state index contributed by atoms with van der Waals surface area (Å²) in [6, 6.07) is 0. The molecule has 0 saturated heterocycles. The molecule has 390 valence electrons. The van der Waals surface area contributed by atoms with Gasteiger partial charge in [0, 0.05) is 19.4 Å². The van der Waals surface area contributed by atoms with Crippen molar-refractivity contribution in [2.24, 2.45) is 0 Å². The van der Waals surface area contributed by atoms with Crippen LogP contribution in [0.4, 0.5) is 0 Å². The van der Waals surface area contributed by atoms with E-state index >= 15 is 0 Å². The summed E-state index contributed by atoms with van der Waals surface area (Å²) in [7, 11) is 0. The zero-order valence-electron chi connectivity index (χ0n) is 45.0. The van der Waals surface area contributed by atoms with Crippen LogP contribution in [0.1, 0.15) is 329 Å². The van der Waals surface area contributed by atoms with Gasteiger partial charge in [-0.1, -0.05) is 289 Å². The van der Waals surface area contributed by atoms with E-state index < -0.39 is 6.10 Å². The molecule has 0 aliphatic rings. The van der Waals surface area contributed by atoms with Gasteiger partial charge in [0.25, 0.3) is 0 Å². The molecular formula is C61H116O5. The quantitative estimate of drug-likeness (QED) is 0.0345. The maximum absolute atomic E-state index is 12.7. The van der Waals surface area contributed by atoms with Crippen LogP contribution in [0.15, 0.2) is 24.3 Å². The average molecular weight is 930 g/mol. The van der Waals surface area contributed by atoms with Gasteiger partial charge in [0.2, 0.25) is 0 Å². The van der Waals surface area contributed by atoms with E-state index in [1.807, 2.05) is 0 Å². The monoisotopic (exact) mass is 929 g/mol. The van der Waals surface area contributed by atoms with Crippen molar-refractivity contribution in [1.29, 1.82) is 0 Å². The van der Waals surface area contributed by atoms with Gasteiger partial charge in [-0.25, -0.2) is 0 Å². The second kappa shape index (κ2) is 57.7. The molecule has 0 amide bonds. The Morgan fingerprint density at radius 1 is 0.318 bits per heavy atom. The Kier molecular flexibility index (Phi) is 56.3. The fourth-order valence-electron chi connectivity index (χ4n) is 8.99. The van der Waals surface area contributed by atoms with Crippen LogP contribution in [-0.2, 0) is 23.8 Å². The molecule has 0 N–H and O–H groups in total. The van der Waals surface area contributed by atoms with Gasteiger partial charge >= 0.3 is 11.9 Å². The van der Waals surface area contributed by atoms with Crippen LogP contribution < -0.4 is 0 Å². The smallest absolute Gasteiger partial charge is 0.305 e. The normalized spacial score (nSPS) is 12.2. The Balaban J connectivity index is 4.20. The number of hydrogen-bond donors (Lipinski definition) is 0. The summed E-state index contributed by atoms with van der Waals surface area (Å²) in [4.78, 5) is 25.3. The molecule has 0 bridgehead atoms. The second-order valence-corrected chi connectivity index (χ2v) is 20.3. The number of ether oxygens (including phenoxy) is 3. The maximum Gasteiger partial charge on any atom is 0.305 e. The lowest BCUT2D eigenvalue weighted by molar-refractivity contribution is -0.155. The summed E-state index contributed by atoms with van der Waals surface area (Å²) >= 11 is 0. The molecule has 66 heavy (non-hydrogen) atoms. The summed E-state index contributed by atoms with van der Waals surface area (Å²) in [5.41, 5.74) is 0. The summed E-state index contributed by atoms with van der Waals surface area (Å²) < 4.78 is 17.5. The molecule has 0 aliphatic carbocycles. The van der Waals surface area contributed by atoms with Gasteiger partial charge in [-0.3, -0.25) is 9.59 Å². The van der Waals surface area contributed by atoms with Crippen LogP contribution in [0.25, 0.3) is 0 Å². The highest BCUT2D eigenvalue weighted by molar-refractivity contribution is 5.69. The van der Waals surface area contributed by atoms with Crippen molar-refractivity contribution in [3.05, 3.63) is 24.3 Å². The molecule has 5 heteroatoms. The molecule has 0 unspecified atom stereocenters. The first-order valence-corrected chi connectivity index (χ1v) is 29.9. The fourth-order valence-corrected chi connectivity index (χ4v) is 8.99. The molecule has 0 aromatic rings. The highest BCUT2D eigenvalue weighted by Crippen LogP contribution is 2.17. The Bertz CT molecular complexity index is 1010. The first-order valence-electron chi connectivity index (χ1n) is 29.9. The average Bonchev–Trinajstić information content (AvgIpc) is 3.32. The van der Waals surface area contributed by atoms with Crippen LogP contribution in [0.3, 0.4) is 0 Å². The predicted octanol–water partition coefficient (Wildman–Crippen LogP) is 20.4. The molecule has 5 nitrogen and oxygen atoms in total. The second-order valence-electron chi connectivity index (χ2n) is 20.3.